The fraction of sp³-hybridized carbons (Fsp3) is 0.778. The molecule has 5 nitrogen and oxygen atoms in total. The lowest BCUT2D eigenvalue weighted by atomic mass is 10.2. The number of rotatable bonds is 3. The molecule has 84 valence electrons. The predicted molar refractivity (Wildman–Crippen MR) is 58.6 cm³/mol. The third-order valence-electron chi connectivity index (χ3n) is 2.55. The molecular weight excluding hydrogens is 212 g/mol. The minimum atomic E-state index is 0.442. The van der Waals surface area contributed by atoms with E-state index in [9.17, 15) is 0 Å². The van der Waals surface area contributed by atoms with Crippen molar-refractivity contribution in [2.24, 2.45) is 12.8 Å². The van der Waals surface area contributed by atoms with E-state index in [-0.39, 0.29) is 0 Å². The molecule has 1 aromatic heterocycles. The largest absolute Gasteiger partial charge is 0.381 e. The lowest BCUT2D eigenvalue weighted by Crippen LogP contribution is -2.18. The Kier molecular flexibility index (Phi) is 3.61. The van der Waals surface area contributed by atoms with Crippen LogP contribution in [-0.4, -0.2) is 33.2 Å². The van der Waals surface area contributed by atoms with E-state index in [1.807, 2.05) is 11.6 Å². The zero-order valence-corrected chi connectivity index (χ0v) is 9.66. The molecule has 2 heterocycles. The van der Waals surface area contributed by atoms with Gasteiger partial charge < -0.3 is 15.0 Å². The number of thioether (sulfide) groups is 1. The second-order valence-electron chi connectivity index (χ2n) is 3.59. The highest BCUT2D eigenvalue weighted by Gasteiger charge is 2.18. The second kappa shape index (κ2) is 4.96. The number of ether oxygens (including phenoxy) is 1. The molecule has 15 heavy (non-hydrogen) atoms. The van der Waals surface area contributed by atoms with Crippen LogP contribution >= 0.6 is 11.8 Å². The lowest BCUT2D eigenvalue weighted by Gasteiger charge is -2.20. The molecule has 2 rings (SSSR count). The van der Waals surface area contributed by atoms with Gasteiger partial charge in [0, 0.05) is 25.5 Å². The summed E-state index contributed by atoms with van der Waals surface area (Å²) in [6.45, 7) is 2.16. The van der Waals surface area contributed by atoms with Crippen LogP contribution in [0.15, 0.2) is 5.16 Å². The first-order valence-electron chi connectivity index (χ1n) is 5.14. The van der Waals surface area contributed by atoms with Gasteiger partial charge >= 0.3 is 0 Å². The molecule has 0 saturated carbocycles. The summed E-state index contributed by atoms with van der Waals surface area (Å²) < 4.78 is 7.29. The Labute approximate surface area is 93.4 Å². The maximum absolute atomic E-state index is 5.54. The van der Waals surface area contributed by atoms with Crippen LogP contribution in [0.25, 0.3) is 0 Å². The minimum Gasteiger partial charge on any atom is -0.381 e. The molecule has 2 N–H and O–H groups in total. The van der Waals surface area contributed by atoms with Crippen LogP contribution in [0.1, 0.15) is 18.7 Å². The number of aromatic nitrogens is 3. The highest BCUT2D eigenvalue weighted by Crippen LogP contribution is 2.28. The summed E-state index contributed by atoms with van der Waals surface area (Å²) in [7, 11) is 1.96. The van der Waals surface area contributed by atoms with Crippen LogP contribution in [0, 0.1) is 0 Å². The van der Waals surface area contributed by atoms with Crippen LogP contribution < -0.4 is 5.73 Å². The van der Waals surface area contributed by atoms with Crippen molar-refractivity contribution in [2.45, 2.75) is 29.8 Å². The molecule has 0 bridgehead atoms. The monoisotopic (exact) mass is 228 g/mol. The Morgan fingerprint density at radius 2 is 2.20 bits per heavy atom. The van der Waals surface area contributed by atoms with E-state index in [0.717, 1.165) is 37.0 Å². The van der Waals surface area contributed by atoms with Gasteiger partial charge in [-0.05, 0) is 12.8 Å². The van der Waals surface area contributed by atoms with Gasteiger partial charge in [-0.1, -0.05) is 11.8 Å². The van der Waals surface area contributed by atoms with Gasteiger partial charge in [0.1, 0.15) is 5.82 Å². The quantitative estimate of drug-likeness (QED) is 0.818. The molecule has 1 fully saturated rings. The summed E-state index contributed by atoms with van der Waals surface area (Å²) in [6, 6.07) is 0. The van der Waals surface area contributed by atoms with Gasteiger partial charge in [-0.3, -0.25) is 0 Å². The van der Waals surface area contributed by atoms with Crippen molar-refractivity contribution in [1.82, 2.24) is 14.8 Å². The Balaban J connectivity index is 2.00. The Morgan fingerprint density at radius 1 is 1.47 bits per heavy atom. The van der Waals surface area contributed by atoms with Crippen LogP contribution in [0.5, 0.6) is 0 Å². The van der Waals surface area contributed by atoms with E-state index in [1.165, 1.54) is 0 Å². The predicted octanol–water partition coefficient (Wildman–Crippen LogP) is 0.545. The summed E-state index contributed by atoms with van der Waals surface area (Å²) in [4.78, 5) is 0. The molecule has 0 aromatic carbocycles. The van der Waals surface area contributed by atoms with Crippen molar-refractivity contribution < 1.29 is 4.74 Å². The Bertz CT molecular complexity index is 322. The topological polar surface area (TPSA) is 66.0 Å². The van der Waals surface area contributed by atoms with Crippen LogP contribution in [0.4, 0.5) is 0 Å². The zero-order valence-electron chi connectivity index (χ0n) is 8.85. The van der Waals surface area contributed by atoms with Gasteiger partial charge in [0.15, 0.2) is 5.16 Å². The second-order valence-corrected chi connectivity index (χ2v) is 4.86. The van der Waals surface area contributed by atoms with Crippen molar-refractivity contribution in [3.05, 3.63) is 5.82 Å². The lowest BCUT2D eigenvalue weighted by molar-refractivity contribution is 0.0999. The van der Waals surface area contributed by atoms with E-state index in [4.69, 9.17) is 10.5 Å². The molecule has 0 amide bonds. The maximum Gasteiger partial charge on any atom is 0.191 e. The van der Waals surface area contributed by atoms with Crippen molar-refractivity contribution in [3.8, 4) is 0 Å². The molecule has 0 aliphatic carbocycles. The zero-order chi connectivity index (χ0) is 10.7. The van der Waals surface area contributed by atoms with Crippen molar-refractivity contribution in [3.63, 3.8) is 0 Å². The molecule has 1 aromatic rings. The molecule has 1 saturated heterocycles. The molecule has 0 radical (unpaired) electrons. The minimum absolute atomic E-state index is 0.442. The fourth-order valence-corrected chi connectivity index (χ4v) is 2.65. The maximum atomic E-state index is 5.54. The van der Waals surface area contributed by atoms with E-state index < -0.39 is 0 Å². The number of hydrogen-bond donors (Lipinski definition) is 1. The Morgan fingerprint density at radius 3 is 2.80 bits per heavy atom. The SMILES string of the molecule is Cn1c(CN)nnc1SC1CCOCC1. The molecule has 0 atom stereocenters. The highest BCUT2D eigenvalue weighted by atomic mass is 32.2. The average Bonchev–Trinajstić information content (AvgIpc) is 2.62. The van der Waals surface area contributed by atoms with Crippen molar-refractivity contribution in [2.75, 3.05) is 13.2 Å². The van der Waals surface area contributed by atoms with Gasteiger partial charge in [-0.15, -0.1) is 10.2 Å². The highest BCUT2D eigenvalue weighted by molar-refractivity contribution is 7.99. The number of nitrogens with two attached hydrogens (primary N) is 1. The number of nitrogens with zero attached hydrogens (tertiary/aromatic N) is 3. The van der Waals surface area contributed by atoms with Crippen LogP contribution in [-0.2, 0) is 18.3 Å². The van der Waals surface area contributed by atoms with Crippen LogP contribution in [0.2, 0.25) is 0 Å². The standard InChI is InChI=1S/C9H16N4OS/c1-13-8(6-10)11-12-9(13)15-7-2-4-14-5-3-7/h7H,2-6,10H2,1H3. The number of hydrogen-bond acceptors (Lipinski definition) is 5. The summed E-state index contributed by atoms with van der Waals surface area (Å²) >= 11 is 1.78. The molecule has 1 aliphatic rings. The fourth-order valence-electron chi connectivity index (χ4n) is 1.57. The van der Waals surface area contributed by atoms with Gasteiger partial charge in [-0.2, -0.15) is 0 Å². The van der Waals surface area contributed by atoms with E-state index >= 15 is 0 Å². The normalized spacial score (nSPS) is 18.3. The first-order valence-corrected chi connectivity index (χ1v) is 6.02. The molecule has 0 unspecified atom stereocenters. The van der Waals surface area contributed by atoms with Gasteiger partial charge in [0.05, 0.1) is 6.54 Å². The first kappa shape index (κ1) is 10.9. The van der Waals surface area contributed by atoms with Crippen molar-refractivity contribution >= 4 is 11.8 Å². The van der Waals surface area contributed by atoms with Gasteiger partial charge in [0.2, 0.25) is 0 Å². The average molecular weight is 228 g/mol. The molecule has 0 spiro atoms. The van der Waals surface area contributed by atoms with Crippen LogP contribution in [0.3, 0.4) is 0 Å². The summed E-state index contributed by atoms with van der Waals surface area (Å²) in [5, 5.41) is 9.74. The smallest absolute Gasteiger partial charge is 0.191 e. The molecule has 6 heteroatoms. The molecule has 1 aliphatic heterocycles. The summed E-state index contributed by atoms with van der Waals surface area (Å²) in [5.41, 5.74) is 5.54. The van der Waals surface area contributed by atoms with E-state index in [0.29, 0.717) is 11.8 Å². The third kappa shape index (κ3) is 2.50. The van der Waals surface area contributed by atoms with E-state index in [1.54, 1.807) is 11.8 Å². The van der Waals surface area contributed by atoms with Gasteiger partial charge in [-0.25, -0.2) is 0 Å². The summed E-state index contributed by atoms with van der Waals surface area (Å²) in [5.74, 6) is 0.838. The first-order chi connectivity index (χ1) is 7.31. The third-order valence-corrected chi connectivity index (χ3v) is 3.92. The van der Waals surface area contributed by atoms with Crippen molar-refractivity contribution in [1.29, 1.82) is 0 Å². The van der Waals surface area contributed by atoms with E-state index in [2.05, 4.69) is 10.2 Å². The Hall–Kier alpha value is -0.590. The summed E-state index contributed by atoms with van der Waals surface area (Å²) in [6.07, 6.45) is 2.19. The van der Waals surface area contributed by atoms with Gasteiger partial charge in [0.25, 0.3) is 0 Å². The molecular formula is C9H16N4OS.